The van der Waals surface area contributed by atoms with E-state index in [9.17, 15) is 9.59 Å². The highest BCUT2D eigenvalue weighted by atomic mass is 32.1. The molecular formula is C12H15N3O2S. The maximum Gasteiger partial charge on any atom is 0.267 e. The fourth-order valence-corrected chi connectivity index (χ4v) is 3.59. The number of nitrogens with zero attached hydrogens (tertiary/aromatic N) is 3. The summed E-state index contributed by atoms with van der Waals surface area (Å²) in [5, 5.41) is 3.71. The Kier molecular flexibility index (Phi) is 3.11. The second kappa shape index (κ2) is 4.76. The van der Waals surface area contributed by atoms with E-state index in [0.717, 1.165) is 43.8 Å². The number of rotatable bonds is 2. The van der Waals surface area contributed by atoms with E-state index >= 15 is 0 Å². The average Bonchev–Trinajstić information content (AvgIpc) is 3.09. The number of carbonyl (C=O) groups is 2. The predicted octanol–water partition coefficient (Wildman–Crippen LogP) is 1.51. The van der Waals surface area contributed by atoms with Crippen LogP contribution in [0.2, 0.25) is 0 Å². The summed E-state index contributed by atoms with van der Waals surface area (Å²) in [5.41, 5.74) is 0. The van der Waals surface area contributed by atoms with E-state index < -0.39 is 0 Å². The first-order chi connectivity index (χ1) is 8.77. The van der Waals surface area contributed by atoms with E-state index in [1.807, 2.05) is 4.90 Å². The topological polar surface area (TPSA) is 63.2 Å². The molecule has 1 saturated heterocycles. The monoisotopic (exact) mass is 265 g/mol. The highest BCUT2D eigenvalue weighted by molar-refractivity contribution is 7.07. The number of ketones is 1. The fraction of sp³-hybridized carbons (Fsp3) is 0.667. The van der Waals surface area contributed by atoms with Crippen LogP contribution >= 0.6 is 11.5 Å². The molecule has 0 spiro atoms. The standard InChI is InChI=1S/C12H15N3O2S/c16-10-5-1-3-8(10)9-4-2-6-15(9)12(17)11-7-13-14-18-11/h7-9H,1-6H2. The van der Waals surface area contributed by atoms with Crippen LogP contribution in [-0.2, 0) is 4.79 Å². The lowest BCUT2D eigenvalue weighted by atomic mass is 9.95. The third-order valence-electron chi connectivity index (χ3n) is 3.95. The van der Waals surface area contributed by atoms with Gasteiger partial charge in [-0.25, -0.2) is 0 Å². The molecule has 2 unspecified atom stereocenters. The van der Waals surface area contributed by atoms with Crippen molar-refractivity contribution >= 4 is 23.2 Å². The Morgan fingerprint density at radius 2 is 2.28 bits per heavy atom. The maximum absolute atomic E-state index is 12.3. The van der Waals surface area contributed by atoms with Crippen molar-refractivity contribution in [1.82, 2.24) is 14.5 Å². The van der Waals surface area contributed by atoms with Crippen LogP contribution in [0, 0.1) is 5.92 Å². The first kappa shape index (κ1) is 11.8. The van der Waals surface area contributed by atoms with Crippen molar-refractivity contribution in [2.75, 3.05) is 6.54 Å². The molecule has 0 radical (unpaired) electrons. The molecule has 2 heterocycles. The van der Waals surface area contributed by atoms with Crippen LogP contribution in [-0.4, -0.2) is 38.8 Å². The summed E-state index contributed by atoms with van der Waals surface area (Å²) < 4.78 is 3.73. The Labute approximate surface area is 109 Å². The van der Waals surface area contributed by atoms with Gasteiger partial charge in [-0.15, -0.1) is 5.10 Å². The molecule has 1 amide bonds. The highest BCUT2D eigenvalue weighted by Crippen LogP contribution is 2.34. The van der Waals surface area contributed by atoms with Gasteiger partial charge < -0.3 is 4.90 Å². The molecule has 1 saturated carbocycles. The Hall–Kier alpha value is -1.30. The van der Waals surface area contributed by atoms with E-state index in [4.69, 9.17) is 0 Å². The average molecular weight is 265 g/mol. The van der Waals surface area contributed by atoms with Crippen LogP contribution in [0.4, 0.5) is 0 Å². The Morgan fingerprint density at radius 1 is 1.39 bits per heavy atom. The molecule has 3 rings (SSSR count). The van der Waals surface area contributed by atoms with Crippen LogP contribution in [0.25, 0.3) is 0 Å². The molecule has 1 aliphatic heterocycles. The summed E-state index contributed by atoms with van der Waals surface area (Å²) in [6.07, 6.45) is 6.06. The lowest BCUT2D eigenvalue weighted by Crippen LogP contribution is -2.41. The molecule has 1 aromatic rings. The van der Waals surface area contributed by atoms with E-state index in [2.05, 4.69) is 9.59 Å². The molecule has 96 valence electrons. The minimum atomic E-state index is -0.00722. The van der Waals surface area contributed by atoms with E-state index in [1.165, 1.54) is 6.20 Å². The molecule has 1 aromatic heterocycles. The molecule has 5 nitrogen and oxygen atoms in total. The third kappa shape index (κ3) is 1.94. The molecule has 6 heteroatoms. The number of aromatic nitrogens is 2. The van der Waals surface area contributed by atoms with Gasteiger partial charge in [0.2, 0.25) is 0 Å². The van der Waals surface area contributed by atoms with Crippen molar-refractivity contribution in [3.05, 3.63) is 11.1 Å². The van der Waals surface area contributed by atoms with Crippen molar-refractivity contribution in [3.8, 4) is 0 Å². The minimum absolute atomic E-state index is 0.00722. The Balaban J connectivity index is 1.79. The van der Waals surface area contributed by atoms with Crippen LogP contribution < -0.4 is 0 Å². The van der Waals surface area contributed by atoms with E-state index in [-0.39, 0.29) is 17.9 Å². The van der Waals surface area contributed by atoms with E-state index in [1.54, 1.807) is 0 Å². The molecule has 2 aliphatic rings. The van der Waals surface area contributed by atoms with Crippen molar-refractivity contribution in [2.24, 2.45) is 5.92 Å². The number of amides is 1. The number of hydrogen-bond acceptors (Lipinski definition) is 5. The third-order valence-corrected chi connectivity index (χ3v) is 4.60. The quantitative estimate of drug-likeness (QED) is 0.813. The second-order valence-electron chi connectivity index (χ2n) is 4.95. The van der Waals surface area contributed by atoms with Gasteiger partial charge in [0, 0.05) is 24.9 Å². The lowest BCUT2D eigenvalue weighted by Gasteiger charge is -2.28. The molecule has 18 heavy (non-hydrogen) atoms. The van der Waals surface area contributed by atoms with Gasteiger partial charge in [0.25, 0.3) is 5.91 Å². The van der Waals surface area contributed by atoms with Crippen LogP contribution in [0.5, 0.6) is 0 Å². The Morgan fingerprint density at radius 3 is 2.94 bits per heavy atom. The van der Waals surface area contributed by atoms with Gasteiger partial charge in [-0.2, -0.15) is 0 Å². The summed E-state index contributed by atoms with van der Waals surface area (Å²) in [7, 11) is 0. The summed E-state index contributed by atoms with van der Waals surface area (Å²) in [6.45, 7) is 0.755. The summed E-state index contributed by atoms with van der Waals surface area (Å²) in [6, 6.07) is 0.106. The van der Waals surface area contributed by atoms with Gasteiger partial charge in [-0.3, -0.25) is 9.59 Å². The van der Waals surface area contributed by atoms with Gasteiger partial charge in [0.1, 0.15) is 10.7 Å². The van der Waals surface area contributed by atoms with Gasteiger partial charge in [0.15, 0.2) is 0 Å². The van der Waals surface area contributed by atoms with Crippen molar-refractivity contribution < 1.29 is 9.59 Å². The highest BCUT2D eigenvalue weighted by Gasteiger charge is 2.40. The summed E-state index contributed by atoms with van der Waals surface area (Å²) in [4.78, 5) is 26.6. The lowest BCUT2D eigenvalue weighted by molar-refractivity contribution is -0.121. The number of carbonyl (C=O) groups excluding carboxylic acids is 2. The van der Waals surface area contributed by atoms with Crippen molar-refractivity contribution in [1.29, 1.82) is 0 Å². The molecule has 2 fully saturated rings. The number of hydrogen-bond donors (Lipinski definition) is 0. The normalized spacial score (nSPS) is 28.0. The molecule has 1 aliphatic carbocycles. The Bertz CT molecular complexity index is 460. The molecular weight excluding hydrogens is 250 g/mol. The summed E-state index contributed by atoms with van der Waals surface area (Å²) >= 11 is 1.13. The zero-order chi connectivity index (χ0) is 12.5. The van der Waals surface area contributed by atoms with Gasteiger partial charge in [-0.05, 0) is 37.2 Å². The van der Waals surface area contributed by atoms with Gasteiger partial charge in [-0.1, -0.05) is 4.49 Å². The van der Waals surface area contributed by atoms with E-state index in [0.29, 0.717) is 17.1 Å². The van der Waals surface area contributed by atoms with Crippen molar-refractivity contribution in [3.63, 3.8) is 0 Å². The number of Topliss-reactive ketones (excluding diaryl/α,β-unsaturated/α-hetero) is 1. The molecule has 0 N–H and O–H groups in total. The van der Waals surface area contributed by atoms with Crippen LogP contribution in [0.15, 0.2) is 6.20 Å². The summed E-state index contributed by atoms with van der Waals surface area (Å²) in [5.74, 6) is 0.395. The predicted molar refractivity (Wildman–Crippen MR) is 66.3 cm³/mol. The minimum Gasteiger partial charge on any atom is -0.334 e. The zero-order valence-electron chi connectivity index (χ0n) is 10.0. The first-order valence-electron chi connectivity index (χ1n) is 6.38. The van der Waals surface area contributed by atoms with Crippen LogP contribution in [0.3, 0.4) is 0 Å². The largest absolute Gasteiger partial charge is 0.334 e. The fourth-order valence-electron chi connectivity index (χ4n) is 3.12. The number of likely N-dealkylation sites (tertiary alicyclic amines) is 1. The maximum atomic E-state index is 12.3. The van der Waals surface area contributed by atoms with Gasteiger partial charge in [0.05, 0.1) is 6.20 Å². The smallest absolute Gasteiger partial charge is 0.267 e. The molecule has 0 aromatic carbocycles. The molecule has 0 bridgehead atoms. The zero-order valence-corrected chi connectivity index (χ0v) is 10.9. The SMILES string of the molecule is O=C1CCCC1C1CCCN1C(=O)c1cnns1. The van der Waals surface area contributed by atoms with Gasteiger partial charge >= 0.3 is 0 Å². The van der Waals surface area contributed by atoms with Crippen LogP contribution in [0.1, 0.15) is 41.8 Å². The second-order valence-corrected chi connectivity index (χ2v) is 5.74. The molecule has 2 atom stereocenters. The van der Waals surface area contributed by atoms with Crippen molar-refractivity contribution in [2.45, 2.75) is 38.1 Å². The first-order valence-corrected chi connectivity index (χ1v) is 7.16.